The Hall–Kier alpha value is -3.54. The van der Waals surface area contributed by atoms with Crippen LogP contribution in [-0.4, -0.2) is 34.1 Å². The van der Waals surface area contributed by atoms with Crippen LogP contribution in [0.4, 0.5) is 15.9 Å². The fourth-order valence-electron chi connectivity index (χ4n) is 3.94. The van der Waals surface area contributed by atoms with Crippen molar-refractivity contribution in [2.24, 2.45) is 0 Å². The summed E-state index contributed by atoms with van der Waals surface area (Å²) in [5.74, 6) is 1.46. The second kappa shape index (κ2) is 8.06. The maximum Gasteiger partial charge on any atom is 0.163 e. The number of hydrogen-bond donors (Lipinski definition) is 1. The first kappa shape index (κ1) is 18.5. The fraction of sp³-hybridized carbons (Fsp3) is 0.208. The molecule has 0 saturated carbocycles. The summed E-state index contributed by atoms with van der Waals surface area (Å²) in [6, 6.07) is 19.0. The van der Waals surface area contributed by atoms with E-state index in [1.165, 1.54) is 12.1 Å². The smallest absolute Gasteiger partial charge is 0.163 e. The van der Waals surface area contributed by atoms with Crippen LogP contribution in [0.3, 0.4) is 0 Å². The van der Waals surface area contributed by atoms with Crippen LogP contribution in [0, 0.1) is 5.82 Å². The Balaban J connectivity index is 1.39. The number of para-hydroxylation sites is 1. The number of benzene rings is 2. The number of hydrogen-bond acceptors (Lipinski definition) is 5. The molecule has 2 aromatic carbocycles. The van der Waals surface area contributed by atoms with Crippen LogP contribution in [0.5, 0.6) is 0 Å². The average molecular weight is 399 g/mol. The second-order valence-electron chi connectivity index (χ2n) is 7.54. The number of aromatic nitrogens is 3. The van der Waals surface area contributed by atoms with E-state index >= 15 is 0 Å². The molecule has 4 aromatic rings. The van der Waals surface area contributed by atoms with Gasteiger partial charge in [-0.3, -0.25) is 4.98 Å². The van der Waals surface area contributed by atoms with Gasteiger partial charge in [-0.1, -0.05) is 12.1 Å². The first-order chi connectivity index (χ1) is 14.8. The molecule has 1 aliphatic rings. The number of nitrogens with zero attached hydrogens (tertiary/aromatic N) is 4. The molecule has 0 aliphatic carbocycles. The Morgan fingerprint density at radius 3 is 2.47 bits per heavy atom. The van der Waals surface area contributed by atoms with Crippen LogP contribution in [0.15, 0.2) is 73.1 Å². The summed E-state index contributed by atoms with van der Waals surface area (Å²) in [5, 5.41) is 4.59. The van der Waals surface area contributed by atoms with Crippen molar-refractivity contribution in [2.45, 2.75) is 18.9 Å². The third-order valence-corrected chi connectivity index (χ3v) is 5.51. The van der Waals surface area contributed by atoms with Crippen LogP contribution < -0.4 is 10.2 Å². The van der Waals surface area contributed by atoms with E-state index in [0.29, 0.717) is 11.9 Å². The van der Waals surface area contributed by atoms with E-state index in [-0.39, 0.29) is 5.82 Å². The van der Waals surface area contributed by atoms with Gasteiger partial charge < -0.3 is 10.2 Å². The van der Waals surface area contributed by atoms with E-state index in [1.54, 1.807) is 24.5 Å². The third kappa shape index (κ3) is 3.81. The zero-order chi connectivity index (χ0) is 20.3. The van der Waals surface area contributed by atoms with Gasteiger partial charge >= 0.3 is 0 Å². The summed E-state index contributed by atoms with van der Waals surface area (Å²) in [4.78, 5) is 16.2. The maximum atomic E-state index is 13.1. The van der Waals surface area contributed by atoms with E-state index in [1.807, 2.05) is 30.3 Å². The molecule has 0 radical (unpaired) electrons. The van der Waals surface area contributed by atoms with Gasteiger partial charge in [-0.05, 0) is 61.4 Å². The molecular formula is C24H22FN5. The van der Waals surface area contributed by atoms with Crippen molar-refractivity contribution in [3.8, 4) is 11.4 Å². The maximum absolute atomic E-state index is 13.1. The Bertz CT molecular complexity index is 1140. The van der Waals surface area contributed by atoms with Gasteiger partial charge in [0.15, 0.2) is 5.82 Å². The van der Waals surface area contributed by atoms with Gasteiger partial charge in [-0.25, -0.2) is 14.4 Å². The molecule has 0 bridgehead atoms. The lowest BCUT2D eigenvalue weighted by Crippen LogP contribution is -2.39. The van der Waals surface area contributed by atoms with E-state index in [2.05, 4.69) is 21.3 Å². The molecular weight excluding hydrogens is 377 g/mol. The molecule has 0 amide bonds. The summed E-state index contributed by atoms with van der Waals surface area (Å²) in [6.45, 7) is 1.79. The van der Waals surface area contributed by atoms with Crippen molar-refractivity contribution < 1.29 is 4.39 Å². The van der Waals surface area contributed by atoms with Crippen LogP contribution in [0.1, 0.15) is 12.8 Å². The molecule has 0 atom stereocenters. The topological polar surface area (TPSA) is 53.9 Å². The molecule has 30 heavy (non-hydrogen) atoms. The number of piperidine rings is 1. The average Bonchev–Trinajstić information content (AvgIpc) is 2.81. The number of pyridine rings is 1. The summed E-state index contributed by atoms with van der Waals surface area (Å²) in [5.41, 5.74) is 2.81. The van der Waals surface area contributed by atoms with Gasteiger partial charge in [0.2, 0.25) is 0 Å². The Labute approximate surface area is 174 Å². The largest absolute Gasteiger partial charge is 0.382 e. The lowest BCUT2D eigenvalue weighted by atomic mass is 10.0. The van der Waals surface area contributed by atoms with E-state index < -0.39 is 0 Å². The van der Waals surface area contributed by atoms with Crippen molar-refractivity contribution in [2.75, 3.05) is 23.3 Å². The minimum Gasteiger partial charge on any atom is -0.382 e. The lowest BCUT2D eigenvalue weighted by Gasteiger charge is -2.34. The zero-order valence-corrected chi connectivity index (χ0v) is 16.5. The molecule has 5 nitrogen and oxygen atoms in total. The van der Waals surface area contributed by atoms with E-state index in [0.717, 1.165) is 53.9 Å². The first-order valence-electron chi connectivity index (χ1n) is 10.2. The number of rotatable bonds is 4. The van der Waals surface area contributed by atoms with Crippen molar-refractivity contribution in [1.82, 2.24) is 15.0 Å². The van der Waals surface area contributed by atoms with E-state index in [4.69, 9.17) is 9.97 Å². The number of halogens is 1. The molecule has 0 unspecified atom stereocenters. The van der Waals surface area contributed by atoms with Crippen LogP contribution in [0.25, 0.3) is 22.3 Å². The Kier molecular flexibility index (Phi) is 4.97. The Morgan fingerprint density at radius 2 is 1.70 bits per heavy atom. The summed E-state index contributed by atoms with van der Waals surface area (Å²) in [6.07, 6.45) is 5.52. The highest BCUT2D eigenvalue weighted by molar-refractivity contribution is 5.91. The van der Waals surface area contributed by atoms with Gasteiger partial charge in [-0.15, -0.1) is 0 Å². The van der Waals surface area contributed by atoms with Crippen molar-refractivity contribution in [3.05, 3.63) is 78.9 Å². The molecule has 3 heterocycles. The first-order valence-corrected chi connectivity index (χ1v) is 10.2. The minimum atomic E-state index is -0.213. The molecule has 1 saturated heterocycles. The van der Waals surface area contributed by atoms with Gasteiger partial charge in [0.1, 0.15) is 11.6 Å². The van der Waals surface area contributed by atoms with Crippen molar-refractivity contribution >= 4 is 22.4 Å². The normalized spacial score (nSPS) is 14.8. The Morgan fingerprint density at radius 1 is 0.900 bits per heavy atom. The van der Waals surface area contributed by atoms with Crippen molar-refractivity contribution in [1.29, 1.82) is 0 Å². The predicted molar refractivity (Wildman–Crippen MR) is 118 cm³/mol. The monoisotopic (exact) mass is 399 g/mol. The summed E-state index contributed by atoms with van der Waals surface area (Å²) >= 11 is 0. The molecule has 0 spiro atoms. The molecule has 1 aliphatic heterocycles. The van der Waals surface area contributed by atoms with Crippen LogP contribution in [-0.2, 0) is 0 Å². The summed E-state index contributed by atoms with van der Waals surface area (Å²) in [7, 11) is 0. The summed E-state index contributed by atoms with van der Waals surface area (Å²) < 4.78 is 13.1. The number of anilines is 2. The molecule has 1 N–H and O–H groups in total. The molecule has 5 rings (SSSR count). The van der Waals surface area contributed by atoms with Crippen LogP contribution in [0.2, 0.25) is 0 Å². The quantitative estimate of drug-likeness (QED) is 0.528. The SMILES string of the molecule is Fc1ccc(NC2CCN(c3nc(-c4cccnc4)nc4ccccc34)CC2)cc1. The highest BCUT2D eigenvalue weighted by Crippen LogP contribution is 2.29. The lowest BCUT2D eigenvalue weighted by molar-refractivity contribution is 0.524. The molecule has 1 fully saturated rings. The molecule has 150 valence electrons. The van der Waals surface area contributed by atoms with Crippen LogP contribution >= 0.6 is 0 Å². The number of nitrogens with one attached hydrogen (secondary N) is 1. The highest BCUT2D eigenvalue weighted by Gasteiger charge is 2.22. The predicted octanol–water partition coefficient (Wildman–Crippen LogP) is 4.91. The zero-order valence-electron chi connectivity index (χ0n) is 16.5. The number of fused-ring (bicyclic) bond motifs is 1. The van der Waals surface area contributed by atoms with Gasteiger partial charge in [0, 0.05) is 48.2 Å². The third-order valence-electron chi connectivity index (χ3n) is 5.51. The van der Waals surface area contributed by atoms with Gasteiger partial charge in [0.25, 0.3) is 0 Å². The fourth-order valence-corrected chi connectivity index (χ4v) is 3.94. The van der Waals surface area contributed by atoms with Gasteiger partial charge in [0.05, 0.1) is 5.52 Å². The molecule has 2 aromatic heterocycles. The second-order valence-corrected chi connectivity index (χ2v) is 7.54. The standard InChI is InChI=1S/C24H22FN5/c25-18-7-9-19(10-8-18)27-20-11-14-30(15-12-20)24-21-5-1-2-6-22(21)28-23(29-24)17-4-3-13-26-16-17/h1-10,13,16,20,27H,11-12,14-15H2. The van der Waals surface area contributed by atoms with Crippen molar-refractivity contribution in [3.63, 3.8) is 0 Å². The highest BCUT2D eigenvalue weighted by atomic mass is 19.1. The van der Waals surface area contributed by atoms with Gasteiger partial charge in [-0.2, -0.15) is 0 Å². The molecule has 6 heteroatoms. The minimum absolute atomic E-state index is 0.213. The van der Waals surface area contributed by atoms with E-state index in [9.17, 15) is 4.39 Å².